The van der Waals surface area contributed by atoms with Gasteiger partial charge in [0.15, 0.2) is 0 Å². The third-order valence-electron chi connectivity index (χ3n) is 3.34. The molecule has 1 unspecified atom stereocenters. The number of hydrogen-bond acceptors (Lipinski definition) is 4. The van der Waals surface area contributed by atoms with Gasteiger partial charge >= 0.3 is 0 Å². The van der Waals surface area contributed by atoms with Gasteiger partial charge in [-0.25, -0.2) is 8.42 Å². The molecule has 0 bridgehead atoms. The topological polar surface area (TPSA) is 64.0 Å². The van der Waals surface area contributed by atoms with Crippen molar-refractivity contribution >= 4 is 9.84 Å². The third-order valence-corrected chi connectivity index (χ3v) is 4.44. The molecule has 0 aromatic carbocycles. The van der Waals surface area contributed by atoms with Gasteiger partial charge in [-0.15, -0.1) is 0 Å². The van der Waals surface area contributed by atoms with Crippen molar-refractivity contribution < 1.29 is 8.42 Å². The van der Waals surface area contributed by atoms with E-state index in [1.165, 1.54) is 17.5 Å². The van der Waals surface area contributed by atoms with Crippen molar-refractivity contribution in [2.24, 2.45) is 0 Å². The van der Waals surface area contributed by atoms with Crippen molar-refractivity contribution in [3.8, 4) is 0 Å². The maximum atomic E-state index is 11.1. The van der Waals surface area contributed by atoms with Gasteiger partial charge in [0.25, 0.3) is 0 Å². The average Bonchev–Trinajstić information content (AvgIpc) is 2.50. The maximum Gasteiger partial charge on any atom is 0.148 e. The molecule has 0 aliphatic rings. The van der Waals surface area contributed by atoms with E-state index in [4.69, 9.17) is 0 Å². The lowest BCUT2D eigenvalue weighted by Gasteiger charge is -2.12. The molecule has 0 radical (unpaired) electrons. The molecule has 6 heteroatoms. The Kier molecular flexibility index (Phi) is 5.55. The van der Waals surface area contributed by atoms with E-state index in [9.17, 15) is 8.42 Å². The largest absolute Gasteiger partial charge is 0.313 e. The fourth-order valence-electron chi connectivity index (χ4n) is 2.09. The molecule has 110 valence electrons. The van der Waals surface area contributed by atoms with Crippen LogP contribution >= 0.6 is 0 Å². The molecule has 0 aliphatic carbocycles. The van der Waals surface area contributed by atoms with Crippen LogP contribution in [0.3, 0.4) is 0 Å². The van der Waals surface area contributed by atoms with Crippen LogP contribution < -0.4 is 5.32 Å². The minimum absolute atomic E-state index is 0.00260. The molecular formula is C13H25N3O2S. The number of rotatable bonds is 7. The molecule has 1 rings (SSSR count). The van der Waals surface area contributed by atoms with Gasteiger partial charge in [0, 0.05) is 24.5 Å². The highest BCUT2D eigenvalue weighted by molar-refractivity contribution is 7.90. The number of hydrogen-bond donors (Lipinski definition) is 1. The van der Waals surface area contributed by atoms with Crippen LogP contribution in [0.1, 0.15) is 30.3 Å². The third kappa shape index (κ3) is 5.32. The summed E-state index contributed by atoms with van der Waals surface area (Å²) in [6.45, 7) is 9.74. The Labute approximate surface area is 116 Å². The van der Waals surface area contributed by atoms with E-state index in [0.717, 1.165) is 25.2 Å². The van der Waals surface area contributed by atoms with E-state index < -0.39 is 9.84 Å². The predicted octanol–water partition coefficient (Wildman–Crippen LogP) is 1.22. The van der Waals surface area contributed by atoms with Crippen molar-refractivity contribution in [1.29, 1.82) is 0 Å². The first-order valence-electron chi connectivity index (χ1n) is 6.62. The zero-order valence-electron chi connectivity index (χ0n) is 12.5. The Bertz CT molecular complexity index is 520. The Balaban J connectivity index is 2.33. The highest BCUT2D eigenvalue weighted by atomic mass is 32.2. The second-order valence-corrected chi connectivity index (χ2v) is 7.50. The summed E-state index contributed by atoms with van der Waals surface area (Å²) >= 11 is 0. The lowest BCUT2D eigenvalue weighted by atomic mass is 10.2. The van der Waals surface area contributed by atoms with Crippen LogP contribution in [0.2, 0.25) is 0 Å². The van der Waals surface area contributed by atoms with Gasteiger partial charge in [-0.2, -0.15) is 5.10 Å². The summed E-state index contributed by atoms with van der Waals surface area (Å²) in [6, 6.07) is -0.00260. The Morgan fingerprint density at radius 2 is 1.95 bits per heavy atom. The molecular weight excluding hydrogens is 262 g/mol. The van der Waals surface area contributed by atoms with Gasteiger partial charge in [-0.05, 0) is 46.2 Å². The molecule has 1 heterocycles. The molecule has 1 aromatic heterocycles. The Morgan fingerprint density at radius 3 is 2.42 bits per heavy atom. The van der Waals surface area contributed by atoms with Crippen molar-refractivity contribution in [1.82, 2.24) is 15.1 Å². The van der Waals surface area contributed by atoms with Gasteiger partial charge in [0.1, 0.15) is 9.84 Å². The first-order chi connectivity index (χ1) is 8.70. The second-order valence-electron chi connectivity index (χ2n) is 5.32. The summed E-state index contributed by atoms with van der Waals surface area (Å²) in [4.78, 5) is 0. The lowest BCUT2D eigenvalue weighted by Crippen LogP contribution is -2.33. The van der Waals surface area contributed by atoms with Gasteiger partial charge in [-0.1, -0.05) is 0 Å². The number of nitrogens with one attached hydrogen (secondary N) is 1. The SMILES string of the molecule is Cc1nn(CCCNC(C)CS(C)(=O)=O)c(C)c1C. The van der Waals surface area contributed by atoms with E-state index >= 15 is 0 Å². The van der Waals surface area contributed by atoms with E-state index in [-0.39, 0.29) is 11.8 Å². The minimum atomic E-state index is -2.90. The highest BCUT2D eigenvalue weighted by Gasteiger charge is 2.10. The van der Waals surface area contributed by atoms with Crippen molar-refractivity contribution in [2.45, 2.75) is 46.7 Å². The zero-order valence-corrected chi connectivity index (χ0v) is 13.3. The standard InChI is InChI=1S/C13H25N3O2S/c1-10(9-19(5,17)18)14-7-6-8-16-13(4)11(2)12(3)15-16/h10,14H,6-9H2,1-5H3. The maximum absolute atomic E-state index is 11.1. The van der Waals surface area contributed by atoms with E-state index in [1.807, 2.05) is 18.5 Å². The van der Waals surface area contributed by atoms with Crippen LogP contribution in [0.25, 0.3) is 0 Å². The van der Waals surface area contributed by atoms with Crippen molar-refractivity contribution in [2.75, 3.05) is 18.6 Å². The van der Waals surface area contributed by atoms with Gasteiger partial charge in [0.05, 0.1) is 11.4 Å². The van der Waals surface area contributed by atoms with Gasteiger partial charge < -0.3 is 5.32 Å². The van der Waals surface area contributed by atoms with E-state index in [2.05, 4.69) is 24.3 Å². The highest BCUT2D eigenvalue weighted by Crippen LogP contribution is 2.10. The van der Waals surface area contributed by atoms with Gasteiger partial charge in [-0.3, -0.25) is 4.68 Å². The fraction of sp³-hybridized carbons (Fsp3) is 0.769. The van der Waals surface area contributed by atoms with Crippen LogP contribution in [0.4, 0.5) is 0 Å². The Hall–Kier alpha value is -0.880. The Morgan fingerprint density at radius 1 is 1.32 bits per heavy atom. The zero-order chi connectivity index (χ0) is 14.6. The normalized spacial score (nSPS) is 13.7. The number of aryl methyl sites for hydroxylation is 2. The quantitative estimate of drug-likeness (QED) is 0.766. The molecule has 0 spiro atoms. The molecule has 0 fully saturated rings. The summed E-state index contributed by atoms with van der Waals surface area (Å²) < 4.78 is 24.3. The van der Waals surface area contributed by atoms with Crippen molar-refractivity contribution in [3.05, 3.63) is 17.0 Å². The first kappa shape index (κ1) is 16.2. The molecule has 0 amide bonds. The number of aromatic nitrogens is 2. The first-order valence-corrected chi connectivity index (χ1v) is 8.68. The van der Waals surface area contributed by atoms with E-state index in [1.54, 1.807) is 0 Å². The molecule has 0 aliphatic heterocycles. The average molecular weight is 287 g/mol. The minimum Gasteiger partial charge on any atom is -0.313 e. The van der Waals surface area contributed by atoms with Crippen LogP contribution in [-0.2, 0) is 16.4 Å². The van der Waals surface area contributed by atoms with Crippen LogP contribution in [0.5, 0.6) is 0 Å². The summed E-state index contributed by atoms with van der Waals surface area (Å²) in [7, 11) is -2.90. The smallest absolute Gasteiger partial charge is 0.148 e. The van der Waals surface area contributed by atoms with Crippen LogP contribution in [0, 0.1) is 20.8 Å². The van der Waals surface area contributed by atoms with E-state index in [0.29, 0.717) is 0 Å². The molecule has 0 saturated heterocycles. The molecule has 5 nitrogen and oxygen atoms in total. The molecule has 19 heavy (non-hydrogen) atoms. The summed E-state index contributed by atoms with van der Waals surface area (Å²) in [5.41, 5.74) is 3.54. The molecule has 1 N–H and O–H groups in total. The monoisotopic (exact) mass is 287 g/mol. The fourth-order valence-corrected chi connectivity index (χ4v) is 3.12. The van der Waals surface area contributed by atoms with Crippen molar-refractivity contribution in [3.63, 3.8) is 0 Å². The molecule has 1 atom stereocenters. The molecule has 0 saturated carbocycles. The predicted molar refractivity (Wildman–Crippen MR) is 78.2 cm³/mol. The lowest BCUT2D eigenvalue weighted by molar-refractivity contribution is 0.503. The summed E-state index contributed by atoms with van der Waals surface area (Å²) in [6.07, 6.45) is 2.21. The van der Waals surface area contributed by atoms with Gasteiger partial charge in [0.2, 0.25) is 0 Å². The number of nitrogens with zero attached hydrogens (tertiary/aromatic N) is 2. The summed E-state index contributed by atoms with van der Waals surface area (Å²) in [5.74, 6) is 0.187. The van der Waals surface area contributed by atoms with Crippen LogP contribution in [-0.4, -0.2) is 42.8 Å². The van der Waals surface area contributed by atoms with Crippen LogP contribution in [0.15, 0.2) is 0 Å². The summed E-state index contributed by atoms with van der Waals surface area (Å²) in [5, 5.41) is 7.71. The second kappa shape index (κ2) is 6.52. The molecule has 1 aromatic rings. The number of sulfone groups is 1.